The number of rotatable bonds is 6. The normalized spacial score (nSPS) is 10.8. The third-order valence-corrected chi connectivity index (χ3v) is 3.77. The number of hydrogen-bond donors (Lipinski definition) is 1. The van der Waals surface area contributed by atoms with E-state index in [2.05, 4.69) is 29.4 Å². The second-order valence-corrected chi connectivity index (χ2v) is 6.46. The third kappa shape index (κ3) is 4.27. The van der Waals surface area contributed by atoms with Crippen molar-refractivity contribution in [3.63, 3.8) is 0 Å². The first-order valence-electron chi connectivity index (χ1n) is 8.44. The molecule has 0 bridgehead atoms. The zero-order valence-electron chi connectivity index (χ0n) is 15.0. The van der Waals surface area contributed by atoms with Gasteiger partial charge >= 0.3 is 0 Å². The van der Waals surface area contributed by atoms with E-state index in [9.17, 15) is 4.79 Å². The SMILES string of the molecule is Cc1ccc(-c2nnco2)cc1NC(=O)c1cccc(OCC(C)C)c1. The number of carbonyl (C=O) groups is 1. The van der Waals surface area contributed by atoms with Crippen molar-refractivity contribution in [2.75, 3.05) is 11.9 Å². The van der Waals surface area contributed by atoms with E-state index in [1.165, 1.54) is 6.39 Å². The molecule has 0 spiro atoms. The maximum absolute atomic E-state index is 12.6. The summed E-state index contributed by atoms with van der Waals surface area (Å²) in [6.07, 6.45) is 1.27. The lowest BCUT2D eigenvalue weighted by atomic mass is 10.1. The fourth-order valence-corrected chi connectivity index (χ4v) is 2.37. The zero-order chi connectivity index (χ0) is 18.5. The summed E-state index contributed by atoms with van der Waals surface area (Å²) >= 11 is 0. The van der Waals surface area contributed by atoms with Gasteiger partial charge < -0.3 is 14.5 Å². The predicted octanol–water partition coefficient (Wildman–Crippen LogP) is 4.33. The first-order valence-corrected chi connectivity index (χ1v) is 8.44. The molecule has 0 aliphatic heterocycles. The van der Waals surface area contributed by atoms with Gasteiger partial charge in [-0.2, -0.15) is 0 Å². The Morgan fingerprint density at radius 1 is 1.23 bits per heavy atom. The largest absolute Gasteiger partial charge is 0.493 e. The monoisotopic (exact) mass is 351 g/mol. The summed E-state index contributed by atoms with van der Waals surface area (Å²) in [6.45, 7) is 6.69. The quantitative estimate of drug-likeness (QED) is 0.715. The molecule has 134 valence electrons. The van der Waals surface area contributed by atoms with Crippen LogP contribution in [0.5, 0.6) is 5.75 Å². The van der Waals surface area contributed by atoms with E-state index in [0.29, 0.717) is 35.4 Å². The number of benzene rings is 2. The molecule has 2 aromatic carbocycles. The predicted molar refractivity (Wildman–Crippen MR) is 99.2 cm³/mol. The summed E-state index contributed by atoms with van der Waals surface area (Å²) in [5, 5.41) is 10.5. The minimum Gasteiger partial charge on any atom is -0.493 e. The number of hydrogen-bond acceptors (Lipinski definition) is 5. The molecule has 0 unspecified atom stereocenters. The van der Waals surface area contributed by atoms with Crippen LogP contribution < -0.4 is 10.1 Å². The summed E-state index contributed by atoms with van der Waals surface area (Å²) in [5.41, 5.74) is 2.92. The zero-order valence-corrected chi connectivity index (χ0v) is 15.0. The first kappa shape index (κ1) is 17.7. The van der Waals surface area contributed by atoms with Crippen LogP contribution in [0.4, 0.5) is 5.69 Å². The number of anilines is 1. The number of aromatic nitrogens is 2. The Bertz CT molecular complexity index is 889. The Morgan fingerprint density at radius 3 is 2.81 bits per heavy atom. The lowest BCUT2D eigenvalue weighted by Gasteiger charge is -2.12. The molecule has 0 fully saturated rings. The van der Waals surface area contributed by atoms with Gasteiger partial charge in [-0.3, -0.25) is 4.79 Å². The number of aryl methyl sites for hydroxylation is 1. The minimum atomic E-state index is -0.203. The van der Waals surface area contributed by atoms with Crippen molar-refractivity contribution in [2.24, 2.45) is 5.92 Å². The Kier molecular flexibility index (Phi) is 5.31. The topological polar surface area (TPSA) is 77.3 Å². The number of ether oxygens (including phenoxy) is 1. The highest BCUT2D eigenvalue weighted by Crippen LogP contribution is 2.24. The molecule has 1 aromatic heterocycles. The van der Waals surface area contributed by atoms with E-state index in [4.69, 9.17) is 9.15 Å². The van der Waals surface area contributed by atoms with Gasteiger partial charge in [0, 0.05) is 16.8 Å². The van der Waals surface area contributed by atoms with Crippen molar-refractivity contribution in [1.82, 2.24) is 10.2 Å². The van der Waals surface area contributed by atoms with Crippen LogP contribution in [0.15, 0.2) is 53.3 Å². The van der Waals surface area contributed by atoms with Gasteiger partial charge in [0.05, 0.1) is 6.61 Å². The molecule has 1 N–H and O–H groups in total. The van der Waals surface area contributed by atoms with Crippen molar-refractivity contribution < 1.29 is 13.9 Å². The molecule has 6 heteroatoms. The van der Waals surface area contributed by atoms with Crippen molar-refractivity contribution in [3.8, 4) is 17.2 Å². The molecule has 3 rings (SSSR count). The number of nitrogens with zero attached hydrogens (tertiary/aromatic N) is 2. The van der Waals surface area contributed by atoms with Crippen molar-refractivity contribution in [1.29, 1.82) is 0 Å². The molecule has 1 amide bonds. The van der Waals surface area contributed by atoms with Gasteiger partial charge in [-0.25, -0.2) is 0 Å². The van der Waals surface area contributed by atoms with E-state index < -0.39 is 0 Å². The van der Waals surface area contributed by atoms with Gasteiger partial charge in [0.2, 0.25) is 12.3 Å². The minimum absolute atomic E-state index is 0.203. The van der Waals surface area contributed by atoms with E-state index in [1.807, 2.05) is 37.3 Å². The van der Waals surface area contributed by atoms with Gasteiger partial charge in [0.1, 0.15) is 5.75 Å². The second kappa shape index (κ2) is 7.82. The van der Waals surface area contributed by atoms with Crippen LogP contribution in [0.25, 0.3) is 11.5 Å². The van der Waals surface area contributed by atoms with Crippen molar-refractivity contribution in [2.45, 2.75) is 20.8 Å². The van der Waals surface area contributed by atoms with Gasteiger partial charge in [-0.15, -0.1) is 10.2 Å². The molecule has 26 heavy (non-hydrogen) atoms. The lowest BCUT2D eigenvalue weighted by Crippen LogP contribution is -2.13. The van der Waals surface area contributed by atoms with Gasteiger partial charge in [-0.1, -0.05) is 26.0 Å². The maximum atomic E-state index is 12.6. The average Bonchev–Trinajstić information content (AvgIpc) is 3.16. The second-order valence-electron chi connectivity index (χ2n) is 6.46. The standard InChI is InChI=1S/C20H21N3O3/c1-13(2)11-25-17-6-4-5-15(9-17)19(24)22-18-10-16(8-7-14(18)3)20-23-21-12-26-20/h4-10,12-13H,11H2,1-3H3,(H,22,24). The average molecular weight is 351 g/mol. The maximum Gasteiger partial charge on any atom is 0.255 e. The van der Waals surface area contributed by atoms with E-state index in [-0.39, 0.29) is 5.91 Å². The van der Waals surface area contributed by atoms with Crippen molar-refractivity contribution in [3.05, 3.63) is 60.0 Å². The Labute approximate surface area is 152 Å². The molecule has 0 aliphatic rings. The molecule has 1 heterocycles. The van der Waals surface area contributed by atoms with Crippen LogP contribution >= 0.6 is 0 Å². The molecule has 0 aliphatic carbocycles. The van der Waals surface area contributed by atoms with Gasteiger partial charge in [-0.05, 0) is 48.7 Å². The molecular formula is C20H21N3O3. The fourth-order valence-electron chi connectivity index (χ4n) is 2.37. The van der Waals surface area contributed by atoms with Crippen LogP contribution in [-0.2, 0) is 0 Å². The number of nitrogens with one attached hydrogen (secondary N) is 1. The Balaban J connectivity index is 1.78. The van der Waals surface area contributed by atoms with Crippen LogP contribution in [0.1, 0.15) is 29.8 Å². The van der Waals surface area contributed by atoms with E-state index in [1.54, 1.807) is 12.1 Å². The molecule has 0 atom stereocenters. The smallest absolute Gasteiger partial charge is 0.255 e. The molecule has 0 saturated carbocycles. The molecule has 6 nitrogen and oxygen atoms in total. The molecular weight excluding hydrogens is 330 g/mol. The Hall–Kier alpha value is -3.15. The summed E-state index contributed by atoms with van der Waals surface area (Å²) in [4.78, 5) is 12.6. The summed E-state index contributed by atoms with van der Waals surface area (Å²) in [5.74, 6) is 1.31. The fraction of sp³-hybridized carbons (Fsp3) is 0.250. The van der Waals surface area contributed by atoms with Crippen molar-refractivity contribution >= 4 is 11.6 Å². The van der Waals surface area contributed by atoms with Crippen LogP contribution in [0.3, 0.4) is 0 Å². The molecule has 0 saturated heterocycles. The highest BCUT2D eigenvalue weighted by Gasteiger charge is 2.12. The molecule has 3 aromatic rings. The summed E-state index contributed by atoms with van der Waals surface area (Å²) in [7, 11) is 0. The highest BCUT2D eigenvalue weighted by atomic mass is 16.5. The van der Waals surface area contributed by atoms with Crippen LogP contribution in [0.2, 0.25) is 0 Å². The van der Waals surface area contributed by atoms with Crippen LogP contribution in [-0.4, -0.2) is 22.7 Å². The summed E-state index contributed by atoms with van der Waals surface area (Å²) in [6, 6.07) is 12.8. The lowest BCUT2D eigenvalue weighted by molar-refractivity contribution is 0.102. The van der Waals surface area contributed by atoms with E-state index in [0.717, 1.165) is 11.1 Å². The highest BCUT2D eigenvalue weighted by molar-refractivity contribution is 6.05. The third-order valence-electron chi connectivity index (χ3n) is 3.77. The Morgan fingerprint density at radius 2 is 2.08 bits per heavy atom. The van der Waals surface area contributed by atoms with Crippen LogP contribution in [0, 0.1) is 12.8 Å². The van der Waals surface area contributed by atoms with Gasteiger partial charge in [0.15, 0.2) is 0 Å². The molecule has 0 radical (unpaired) electrons. The van der Waals surface area contributed by atoms with Gasteiger partial charge in [0.25, 0.3) is 5.91 Å². The number of carbonyl (C=O) groups excluding carboxylic acids is 1. The summed E-state index contributed by atoms with van der Waals surface area (Å²) < 4.78 is 10.9. The van der Waals surface area contributed by atoms with E-state index >= 15 is 0 Å². The number of amides is 1. The first-order chi connectivity index (χ1) is 12.5.